The number of carbonyl (C=O) groups excluding carboxylic acids is 2. The van der Waals surface area contributed by atoms with E-state index in [1.165, 1.54) is 11.8 Å². The minimum absolute atomic E-state index is 0.0135. The van der Waals surface area contributed by atoms with Crippen molar-refractivity contribution < 1.29 is 14.0 Å². The molecule has 1 aliphatic rings. The molecule has 1 aliphatic heterocycles. The molecule has 2 aromatic carbocycles. The Hall–Kier alpha value is -3.41. The van der Waals surface area contributed by atoms with Gasteiger partial charge in [-0.05, 0) is 29.7 Å². The first kappa shape index (κ1) is 16.1. The molecule has 0 spiro atoms. The van der Waals surface area contributed by atoms with E-state index < -0.39 is 0 Å². The van der Waals surface area contributed by atoms with Gasteiger partial charge in [0.15, 0.2) is 5.69 Å². The van der Waals surface area contributed by atoms with Crippen molar-refractivity contribution in [3.05, 3.63) is 83.2 Å². The van der Waals surface area contributed by atoms with E-state index in [0.717, 1.165) is 12.0 Å². The Morgan fingerprint density at radius 3 is 2.54 bits per heavy atom. The number of hydrogen-bond acceptors (Lipinski definition) is 4. The second kappa shape index (κ2) is 6.84. The Bertz CT molecular complexity index is 950. The van der Waals surface area contributed by atoms with Crippen LogP contribution in [0.3, 0.4) is 0 Å². The lowest BCUT2D eigenvalue weighted by Gasteiger charge is -2.28. The maximum absolute atomic E-state index is 12.7. The second-order valence-corrected chi connectivity index (χ2v) is 6.10. The van der Waals surface area contributed by atoms with E-state index in [-0.39, 0.29) is 23.5 Å². The molecule has 1 aromatic heterocycles. The molecule has 2 heterocycles. The molecular weight excluding hydrogens is 330 g/mol. The molecule has 2 amide bonds. The average molecular weight is 347 g/mol. The standard InChI is InChI=1S/C20H17N3O3/c24-18(15-7-2-1-3-8-15)22-20-21-17(13-26-20)19(25)23-11-10-14-6-4-5-9-16(14)12-23/h1-9,13H,10-12H2,(H,21,22,24). The molecule has 0 unspecified atom stereocenters. The molecule has 26 heavy (non-hydrogen) atoms. The number of oxazole rings is 1. The van der Waals surface area contributed by atoms with Crippen LogP contribution in [0.2, 0.25) is 0 Å². The van der Waals surface area contributed by atoms with Crippen molar-refractivity contribution in [2.75, 3.05) is 11.9 Å². The van der Waals surface area contributed by atoms with Gasteiger partial charge in [0.1, 0.15) is 6.26 Å². The Morgan fingerprint density at radius 1 is 1.00 bits per heavy atom. The number of fused-ring (bicyclic) bond motifs is 1. The van der Waals surface area contributed by atoms with Crippen LogP contribution in [0.5, 0.6) is 0 Å². The summed E-state index contributed by atoms with van der Waals surface area (Å²) in [6.07, 6.45) is 2.10. The number of nitrogens with zero attached hydrogens (tertiary/aromatic N) is 2. The first-order valence-corrected chi connectivity index (χ1v) is 8.39. The van der Waals surface area contributed by atoms with Gasteiger partial charge in [0.05, 0.1) is 0 Å². The number of amides is 2. The van der Waals surface area contributed by atoms with Crippen molar-refractivity contribution >= 4 is 17.8 Å². The lowest BCUT2D eigenvalue weighted by Crippen LogP contribution is -2.36. The smallest absolute Gasteiger partial charge is 0.302 e. The topological polar surface area (TPSA) is 75.4 Å². The van der Waals surface area contributed by atoms with Crippen molar-refractivity contribution in [2.24, 2.45) is 0 Å². The van der Waals surface area contributed by atoms with Gasteiger partial charge in [0.2, 0.25) is 0 Å². The molecular formula is C20H17N3O3. The summed E-state index contributed by atoms with van der Waals surface area (Å²) < 4.78 is 5.25. The third-order valence-corrected chi connectivity index (χ3v) is 4.40. The number of benzene rings is 2. The Labute approximate surface area is 150 Å². The number of anilines is 1. The molecule has 6 nitrogen and oxygen atoms in total. The second-order valence-electron chi connectivity index (χ2n) is 6.10. The maximum atomic E-state index is 12.7. The first-order valence-electron chi connectivity index (χ1n) is 8.39. The van der Waals surface area contributed by atoms with Gasteiger partial charge in [-0.15, -0.1) is 0 Å². The fraction of sp³-hybridized carbons (Fsp3) is 0.150. The van der Waals surface area contributed by atoms with Crippen molar-refractivity contribution in [1.29, 1.82) is 0 Å². The third kappa shape index (κ3) is 3.21. The molecule has 3 aromatic rings. The van der Waals surface area contributed by atoms with Crippen molar-refractivity contribution in [3.8, 4) is 0 Å². The van der Waals surface area contributed by atoms with E-state index in [1.54, 1.807) is 29.2 Å². The van der Waals surface area contributed by atoms with Gasteiger partial charge in [-0.25, -0.2) is 0 Å². The first-order chi connectivity index (χ1) is 12.7. The summed E-state index contributed by atoms with van der Waals surface area (Å²) in [5, 5.41) is 2.56. The quantitative estimate of drug-likeness (QED) is 0.790. The van der Waals surface area contributed by atoms with E-state index in [1.807, 2.05) is 24.3 Å². The number of rotatable bonds is 3. The van der Waals surface area contributed by atoms with E-state index in [4.69, 9.17) is 4.42 Å². The highest BCUT2D eigenvalue weighted by atomic mass is 16.4. The van der Waals surface area contributed by atoms with Crippen LogP contribution in [0.25, 0.3) is 0 Å². The van der Waals surface area contributed by atoms with Crippen LogP contribution in [-0.4, -0.2) is 28.2 Å². The summed E-state index contributed by atoms with van der Waals surface area (Å²) in [4.78, 5) is 30.7. The summed E-state index contributed by atoms with van der Waals surface area (Å²) in [5.41, 5.74) is 3.10. The normalized spacial score (nSPS) is 13.2. The average Bonchev–Trinajstić information content (AvgIpc) is 3.16. The summed E-state index contributed by atoms with van der Waals surface area (Å²) in [5.74, 6) is -0.540. The summed E-state index contributed by atoms with van der Waals surface area (Å²) in [7, 11) is 0. The summed E-state index contributed by atoms with van der Waals surface area (Å²) in [6.45, 7) is 1.18. The number of aromatic nitrogens is 1. The molecule has 0 aliphatic carbocycles. The fourth-order valence-corrected chi connectivity index (χ4v) is 3.02. The van der Waals surface area contributed by atoms with Gasteiger partial charge in [0.25, 0.3) is 11.8 Å². The van der Waals surface area contributed by atoms with E-state index in [2.05, 4.69) is 16.4 Å². The summed E-state index contributed by atoms with van der Waals surface area (Å²) in [6, 6.07) is 16.9. The largest absolute Gasteiger partial charge is 0.431 e. The Kier molecular flexibility index (Phi) is 4.23. The van der Waals surface area contributed by atoms with Crippen molar-refractivity contribution in [3.63, 3.8) is 0 Å². The number of carbonyl (C=O) groups is 2. The minimum Gasteiger partial charge on any atom is -0.431 e. The lowest BCUT2D eigenvalue weighted by atomic mass is 10.00. The third-order valence-electron chi connectivity index (χ3n) is 4.40. The van der Waals surface area contributed by atoms with Crippen molar-refractivity contribution in [2.45, 2.75) is 13.0 Å². The monoisotopic (exact) mass is 347 g/mol. The summed E-state index contributed by atoms with van der Waals surface area (Å²) >= 11 is 0. The van der Waals surface area contributed by atoms with Gasteiger partial charge in [0, 0.05) is 18.7 Å². The van der Waals surface area contributed by atoms with Crippen LogP contribution in [0, 0.1) is 0 Å². The highest BCUT2D eigenvalue weighted by molar-refractivity contribution is 6.03. The van der Waals surface area contributed by atoms with Crippen LogP contribution in [-0.2, 0) is 13.0 Å². The van der Waals surface area contributed by atoms with Gasteiger partial charge in [-0.1, -0.05) is 42.5 Å². The number of nitrogens with one attached hydrogen (secondary N) is 1. The predicted octanol–water partition coefficient (Wildman–Crippen LogP) is 3.13. The Morgan fingerprint density at radius 2 is 1.73 bits per heavy atom. The zero-order chi connectivity index (χ0) is 17.9. The molecule has 0 saturated carbocycles. The van der Waals surface area contributed by atoms with E-state index in [9.17, 15) is 9.59 Å². The fourth-order valence-electron chi connectivity index (χ4n) is 3.02. The molecule has 6 heteroatoms. The molecule has 130 valence electrons. The molecule has 0 atom stereocenters. The van der Waals surface area contributed by atoms with E-state index in [0.29, 0.717) is 18.7 Å². The lowest BCUT2D eigenvalue weighted by molar-refractivity contribution is 0.0728. The van der Waals surface area contributed by atoms with Crippen LogP contribution in [0.15, 0.2) is 65.3 Å². The SMILES string of the molecule is O=C(Nc1nc(C(=O)N2CCc3ccccc3C2)co1)c1ccccc1. The Balaban J connectivity index is 1.45. The molecule has 0 fully saturated rings. The molecule has 1 N–H and O–H groups in total. The zero-order valence-corrected chi connectivity index (χ0v) is 14.0. The predicted molar refractivity (Wildman–Crippen MR) is 95.8 cm³/mol. The van der Waals surface area contributed by atoms with Crippen LogP contribution >= 0.6 is 0 Å². The molecule has 0 saturated heterocycles. The van der Waals surface area contributed by atoms with Gasteiger partial charge >= 0.3 is 6.01 Å². The van der Waals surface area contributed by atoms with Gasteiger partial charge < -0.3 is 9.32 Å². The molecule has 0 radical (unpaired) electrons. The molecule has 0 bridgehead atoms. The zero-order valence-electron chi connectivity index (χ0n) is 14.0. The maximum Gasteiger partial charge on any atom is 0.302 e. The van der Waals surface area contributed by atoms with Crippen LogP contribution in [0.4, 0.5) is 6.01 Å². The van der Waals surface area contributed by atoms with Gasteiger partial charge in [-0.3, -0.25) is 14.9 Å². The number of hydrogen-bond donors (Lipinski definition) is 1. The molecule has 4 rings (SSSR count). The van der Waals surface area contributed by atoms with Crippen molar-refractivity contribution in [1.82, 2.24) is 9.88 Å². The minimum atomic E-state index is -0.335. The highest BCUT2D eigenvalue weighted by Gasteiger charge is 2.24. The van der Waals surface area contributed by atoms with Crippen LogP contribution in [0.1, 0.15) is 32.0 Å². The van der Waals surface area contributed by atoms with Crippen LogP contribution < -0.4 is 5.32 Å². The van der Waals surface area contributed by atoms with E-state index >= 15 is 0 Å². The van der Waals surface area contributed by atoms with Gasteiger partial charge in [-0.2, -0.15) is 4.98 Å². The highest BCUT2D eigenvalue weighted by Crippen LogP contribution is 2.20.